The van der Waals surface area contributed by atoms with Gasteiger partial charge in [-0.3, -0.25) is 4.90 Å². The van der Waals surface area contributed by atoms with E-state index in [0.717, 1.165) is 43.8 Å². The second kappa shape index (κ2) is 9.10. The SMILES string of the molecule is COc1ccc(CN(Cc2cncn2C)CC2CCCO2)c(OC)c1OC. The molecular formula is C20H29N3O4. The highest BCUT2D eigenvalue weighted by Crippen LogP contribution is 2.40. The average molecular weight is 375 g/mol. The number of hydrogen-bond donors (Lipinski definition) is 0. The highest BCUT2D eigenvalue weighted by molar-refractivity contribution is 5.55. The monoisotopic (exact) mass is 375 g/mol. The number of methoxy groups -OCH3 is 3. The molecule has 0 spiro atoms. The van der Waals surface area contributed by atoms with Crippen molar-refractivity contribution in [3.8, 4) is 17.2 Å². The predicted octanol–water partition coefficient (Wildman–Crippen LogP) is 2.63. The Morgan fingerprint density at radius 1 is 1.15 bits per heavy atom. The average Bonchev–Trinajstić information content (AvgIpc) is 3.33. The molecule has 0 saturated carbocycles. The van der Waals surface area contributed by atoms with Crippen LogP contribution in [0.4, 0.5) is 0 Å². The topological polar surface area (TPSA) is 58.0 Å². The maximum atomic E-state index is 5.87. The maximum Gasteiger partial charge on any atom is 0.203 e. The summed E-state index contributed by atoms with van der Waals surface area (Å²) in [6, 6.07) is 3.96. The first-order valence-electron chi connectivity index (χ1n) is 9.23. The molecule has 1 unspecified atom stereocenters. The van der Waals surface area contributed by atoms with Gasteiger partial charge in [0, 0.05) is 45.0 Å². The molecule has 27 heavy (non-hydrogen) atoms. The molecule has 0 aliphatic carbocycles. The van der Waals surface area contributed by atoms with Crippen LogP contribution in [-0.2, 0) is 24.9 Å². The van der Waals surface area contributed by atoms with Gasteiger partial charge in [0.15, 0.2) is 11.5 Å². The van der Waals surface area contributed by atoms with Crippen molar-refractivity contribution in [2.24, 2.45) is 7.05 Å². The van der Waals surface area contributed by atoms with Gasteiger partial charge in [-0.1, -0.05) is 6.07 Å². The Kier molecular flexibility index (Phi) is 6.58. The number of rotatable bonds is 9. The van der Waals surface area contributed by atoms with E-state index < -0.39 is 0 Å². The van der Waals surface area contributed by atoms with Gasteiger partial charge in [0.2, 0.25) is 5.75 Å². The molecule has 7 heteroatoms. The van der Waals surface area contributed by atoms with Gasteiger partial charge < -0.3 is 23.5 Å². The molecule has 148 valence electrons. The Bertz CT molecular complexity index is 741. The van der Waals surface area contributed by atoms with E-state index in [-0.39, 0.29) is 6.10 Å². The molecule has 2 aromatic rings. The van der Waals surface area contributed by atoms with Crippen molar-refractivity contribution in [1.29, 1.82) is 0 Å². The Labute approximate surface area is 160 Å². The third kappa shape index (κ3) is 4.54. The Hall–Kier alpha value is -2.25. The molecule has 2 heterocycles. The van der Waals surface area contributed by atoms with E-state index in [4.69, 9.17) is 18.9 Å². The lowest BCUT2D eigenvalue weighted by Gasteiger charge is -2.26. The van der Waals surface area contributed by atoms with Crippen molar-refractivity contribution in [2.75, 3.05) is 34.5 Å². The summed E-state index contributed by atoms with van der Waals surface area (Å²) in [5.41, 5.74) is 2.21. The lowest BCUT2D eigenvalue weighted by atomic mass is 10.1. The summed E-state index contributed by atoms with van der Waals surface area (Å²) in [5.74, 6) is 1.99. The number of benzene rings is 1. The highest BCUT2D eigenvalue weighted by atomic mass is 16.5. The number of hydrogen-bond acceptors (Lipinski definition) is 6. The van der Waals surface area contributed by atoms with Gasteiger partial charge in [0.25, 0.3) is 0 Å². The van der Waals surface area contributed by atoms with Gasteiger partial charge in [-0.15, -0.1) is 0 Å². The van der Waals surface area contributed by atoms with Gasteiger partial charge in [-0.25, -0.2) is 4.98 Å². The summed E-state index contributed by atoms with van der Waals surface area (Å²) in [6.45, 7) is 3.22. The number of aromatic nitrogens is 2. The fraction of sp³-hybridized carbons (Fsp3) is 0.550. The van der Waals surface area contributed by atoms with Crippen LogP contribution in [0.3, 0.4) is 0 Å². The molecule has 0 radical (unpaired) electrons. The fourth-order valence-electron chi connectivity index (χ4n) is 3.56. The number of aryl methyl sites for hydroxylation is 1. The smallest absolute Gasteiger partial charge is 0.203 e. The molecule has 0 bridgehead atoms. The van der Waals surface area contributed by atoms with Crippen LogP contribution >= 0.6 is 0 Å². The van der Waals surface area contributed by atoms with Crippen LogP contribution in [0.25, 0.3) is 0 Å². The standard InChI is InChI=1S/C20H29N3O4/c1-22-14-21-10-16(22)12-23(13-17-6-5-9-27-17)11-15-7-8-18(24-2)20(26-4)19(15)25-3/h7-8,10,14,17H,5-6,9,11-13H2,1-4H3. The fourth-order valence-corrected chi connectivity index (χ4v) is 3.56. The first-order chi connectivity index (χ1) is 13.2. The maximum absolute atomic E-state index is 5.87. The minimum absolute atomic E-state index is 0.268. The van der Waals surface area contributed by atoms with Crippen molar-refractivity contribution < 1.29 is 18.9 Å². The van der Waals surface area contributed by atoms with E-state index in [9.17, 15) is 0 Å². The van der Waals surface area contributed by atoms with Crippen LogP contribution in [0.2, 0.25) is 0 Å². The molecule has 1 atom stereocenters. The van der Waals surface area contributed by atoms with Gasteiger partial charge in [-0.05, 0) is 18.9 Å². The third-order valence-electron chi connectivity index (χ3n) is 4.97. The summed E-state index contributed by atoms with van der Waals surface area (Å²) < 4.78 is 24.5. The molecule has 1 saturated heterocycles. The summed E-state index contributed by atoms with van der Waals surface area (Å²) in [4.78, 5) is 6.61. The predicted molar refractivity (Wildman–Crippen MR) is 102 cm³/mol. The summed E-state index contributed by atoms with van der Waals surface area (Å²) in [5, 5.41) is 0. The second-order valence-corrected chi connectivity index (χ2v) is 6.79. The Morgan fingerprint density at radius 3 is 2.56 bits per heavy atom. The van der Waals surface area contributed by atoms with Crippen molar-refractivity contribution in [1.82, 2.24) is 14.5 Å². The summed E-state index contributed by atoms with van der Waals surface area (Å²) in [7, 11) is 6.93. The number of imidazole rings is 1. The lowest BCUT2D eigenvalue weighted by Crippen LogP contribution is -2.32. The quantitative estimate of drug-likeness (QED) is 0.672. The summed E-state index contributed by atoms with van der Waals surface area (Å²) in [6.07, 6.45) is 6.24. The van der Waals surface area contributed by atoms with E-state index >= 15 is 0 Å². The largest absolute Gasteiger partial charge is 0.493 e. The molecule has 1 aliphatic rings. The van der Waals surface area contributed by atoms with Crippen LogP contribution in [0, 0.1) is 0 Å². The highest BCUT2D eigenvalue weighted by Gasteiger charge is 2.23. The number of nitrogens with zero attached hydrogens (tertiary/aromatic N) is 3. The molecular weight excluding hydrogens is 346 g/mol. The zero-order valence-electron chi connectivity index (χ0n) is 16.6. The van der Waals surface area contributed by atoms with Crippen molar-refractivity contribution in [3.05, 3.63) is 35.9 Å². The minimum atomic E-state index is 0.268. The van der Waals surface area contributed by atoms with Crippen LogP contribution in [0.1, 0.15) is 24.1 Å². The van der Waals surface area contributed by atoms with Crippen LogP contribution < -0.4 is 14.2 Å². The first kappa shape index (κ1) is 19.5. The molecule has 1 aliphatic heterocycles. The molecule has 1 fully saturated rings. The normalized spacial score (nSPS) is 16.7. The van der Waals surface area contributed by atoms with E-state index in [1.54, 1.807) is 21.3 Å². The van der Waals surface area contributed by atoms with Crippen LogP contribution in [0.5, 0.6) is 17.2 Å². The van der Waals surface area contributed by atoms with Crippen LogP contribution in [0.15, 0.2) is 24.7 Å². The first-order valence-corrected chi connectivity index (χ1v) is 9.23. The van der Waals surface area contributed by atoms with E-state index in [0.29, 0.717) is 23.8 Å². The minimum Gasteiger partial charge on any atom is -0.493 e. The van der Waals surface area contributed by atoms with E-state index in [1.807, 2.05) is 36.3 Å². The van der Waals surface area contributed by atoms with Gasteiger partial charge in [-0.2, -0.15) is 0 Å². The molecule has 1 aromatic heterocycles. The van der Waals surface area contributed by atoms with E-state index in [2.05, 4.69) is 9.88 Å². The molecule has 7 nitrogen and oxygen atoms in total. The third-order valence-corrected chi connectivity index (χ3v) is 4.97. The number of ether oxygens (including phenoxy) is 4. The van der Waals surface area contributed by atoms with Crippen molar-refractivity contribution >= 4 is 0 Å². The summed E-state index contributed by atoms with van der Waals surface area (Å²) >= 11 is 0. The second-order valence-electron chi connectivity index (χ2n) is 6.79. The van der Waals surface area contributed by atoms with E-state index in [1.165, 1.54) is 0 Å². The van der Waals surface area contributed by atoms with Gasteiger partial charge in [0.1, 0.15) is 0 Å². The van der Waals surface area contributed by atoms with Crippen molar-refractivity contribution in [2.45, 2.75) is 32.0 Å². The lowest BCUT2D eigenvalue weighted by molar-refractivity contribution is 0.0668. The molecule has 0 amide bonds. The van der Waals surface area contributed by atoms with Crippen molar-refractivity contribution in [3.63, 3.8) is 0 Å². The van der Waals surface area contributed by atoms with Gasteiger partial charge >= 0.3 is 0 Å². The molecule has 0 N–H and O–H groups in total. The zero-order valence-corrected chi connectivity index (χ0v) is 16.6. The molecule has 1 aromatic carbocycles. The molecule has 3 rings (SSSR count). The van der Waals surface area contributed by atoms with Crippen LogP contribution in [-0.4, -0.2) is 55.0 Å². The zero-order chi connectivity index (χ0) is 19.2. The Balaban J connectivity index is 1.85. The Morgan fingerprint density at radius 2 is 1.96 bits per heavy atom. The van der Waals surface area contributed by atoms with Gasteiger partial charge in [0.05, 0.1) is 39.5 Å².